The van der Waals surface area contributed by atoms with Gasteiger partial charge in [0.2, 0.25) is 5.91 Å². The maximum absolute atomic E-state index is 12.8. The van der Waals surface area contributed by atoms with Crippen LogP contribution in [0.15, 0.2) is 90.1 Å². The fraction of sp³-hybridized carbons (Fsp3) is 0.154. The topological polar surface area (TPSA) is 88.9 Å². The van der Waals surface area contributed by atoms with E-state index in [1.54, 1.807) is 24.3 Å². The fourth-order valence-electron chi connectivity index (χ4n) is 3.63. The van der Waals surface area contributed by atoms with Gasteiger partial charge < -0.3 is 10.6 Å². The lowest BCUT2D eigenvalue weighted by Gasteiger charge is -2.12. The van der Waals surface area contributed by atoms with Crippen molar-refractivity contribution in [3.05, 3.63) is 96.3 Å². The van der Waals surface area contributed by atoms with Crippen LogP contribution in [0.4, 0.5) is 11.4 Å². The standard InChI is InChI=1S/C26H23N5O2S/c32-23(28-22-14-8-7-13-21(22)25(33)27-19-9-3-1-4-10-19)17-34-26-30-29-24(18-15-16-18)31(26)20-11-5-2-6-12-20/h1-14,18H,15-17H2,(H,27,33)(H,28,32). The summed E-state index contributed by atoms with van der Waals surface area (Å²) in [5, 5.41) is 15.2. The van der Waals surface area contributed by atoms with Gasteiger partial charge in [-0.3, -0.25) is 14.2 Å². The van der Waals surface area contributed by atoms with Crippen molar-refractivity contribution in [2.45, 2.75) is 23.9 Å². The molecule has 0 saturated heterocycles. The molecule has 3 aromatic carbocycles. The molecule has 1 fully saturated rings. The highest BCUT2D eigenvalue weighted by molar-refractivity contribution is 7.99. The molecule has 4 aromatic rings. The van der Waals surface area contributed by atoms with E-state index < -0.39 is 0 Å². The van der Waals surface area contributed by atoms with Crippen molar-refractivity contribution >= 4 is 35.0 Å². The van der Waals surface area contributed by atoms with Crippen LogP contribution in [-0.4, -0.2) is 32.3 Å². The summed E-state index contributed by atoms with van der Waals surface area (Å²) in [5.74, 6) is 1.00. The van der Waals surface area contributed by atoms with Crippen LogP contribution in [0.5, 0.6) is 0 Å². The molecule has 8 heteroatoms. The summed E-state index contributed by atoms with van der Waals surface area (Å²) in [6, 6.07) is 26.1. The van der Waals surface area contributed by atoms with E-state index in [2.05, 4.69) is 20.8 Å². The molecule has 2 N–H and O–H groups in total. The Kier molecular flexibility index (Phi) is 6.40. The van der Waals surface area contributed by atoms with Gasteiger partial charge in [-0.2, -0.15) is 0 Å². The number of benzene rings is 3. The molecule has 1 heterocycles. The zero-order valence-electron chi connectivity index (χ0n) is 18.3. The van der Waals surface area contributed by atoms with Gasteiger partial charge in [0, 0.05) is 17.3 Å². The molecule has 7 nitrogen and oxygen atoms in total. The van der Waals surface area contributed by atoms with Crippen molar-refractivity contribution < 1.29 is 9.59 Å². The summed E-state index contributed by atoms with van der Waals surface area (Å²) in [5.41, 5.74) is 2.54. The largest absolute Gasteiger partial charge is 0.325 e. The SMILES string of the molecule is O=C(CSc1nnc(C2CC2)n1-c1ccccc1)Nc1ccccc1C(=O)Nc1ccccc1. The van der Waals surface area contributed by atoms with E-state index in [1.165, 1.54) is 11.8 Å². The van der Waals surface area contributed by atoms with Gasteiger partial charge in [0.15, 0.2) is 5.16 Å². The molecule has 34 heavy (non-hydrogen) atoms. The Morgan fingerprint density at radius 3 is 2.26 bits per heavy atom. The Morgan fingerprint density at radius 2 is 1.53 bits per heavy atom. The minimum atomic E-state index is -0.285. The maximum Gasteiger partial charge on any atom is 0.257 e. The molecule has 0 radical (unpaired) electrons. The Balaban J connectivity index is 1.28. The van der Waals surface area contributed by atoms with E-state index in [4.69, 9.17) is 0 Å². The number of nitrogens with one attached hydrogen (secondary N) is 2. The number of hydrogen-bond acceptors (Lipinski definition) is 5. The monoisotopic (exact) mass is 469 g/mol. The predicted molar refractivity (Wildman–Crippen MR) is 134 cm³/mol. The Bertz CT molecular complexity index is 1300. The third-order valence-electron chi connectivity index (χ3n) is 5.43. The normalized spacial score (nSPS) is 12.8. The van der Waals surface area contributed by atoms with Crippen LogP contribution in [0.3, 0.4) is 0 Å². The van der Waals surface area contributed by atoms with Crippen LogP contribution >= 0.6 is 11.8 Å². The predicted octanol–water partition coefficient (Wildman–Crippen LogP) is 5.13. The third-order valence-corrected chi connectivity index (χ3v) is 6.35. The molecule has 2 amide bonds. The molecule has 5 rings (SSSR count). The first kappa shape index (κ1) is 21.9. The highest BCUT2D eigenvalue weighted by Gasteiger charge is 2.31. The molecule has 1 aliphatic carbocycles. The van der Waals surface area contributed by atoms with Crippen LogP contribution in [-0.2, 0) is 4.79 Å². The van der Waals surface area contributed by atoms with Crippen molar-refractivity contribution in [1.29, 1.82) is 0 Å². The number of nitrogens with zero attached hydrogens (tertiary/aromatic N) is 3. The minimum absolute atomic E-state index is 0.143. The average molecular weight is 470 g/mol. The van der Waals surface area contributed by atoms with Crippen LogP contribution in [0, 0.1) is 0 Å². The van der Waals surface area contributed by atoms with Crippen LogP contribution in [0.25, 0.3) is 5.69 Å². The van der Waals surface area contributed by atoms with Crippen molar-refractivity contribution in [3.8, 4) is 5.69 Å². The average Bonchev–Trinajstić information content (AvgIpc) is 3.63. The van der Waals surface area contributed by atoms with E-state index in [-0.39, 0.29) is 17.6 Å². The first-order valence-corrected chi connectivity index (χ1v) is 12.1. The Labute approximate surface area is 201 Å². The number of thioether (sulfide) groups is 1. The van der Waals surface area contributed by atoms with Gasteiger partial charge in [0.1, 0.15) is 5.82 Å². The minimum Gasteiger partial charge on any atom is -0.325 e. The summed E-state index contributed by atoms with van der Waals surface area (Å²) < 4.78 is 2.04. The summed E-state index contributed by atoms with van der Waals surface area (Å²) >= 11 is 1.33. The van der Waals surface area contributed by atoms with Crippen LogP contribution in [0.2, 0.25) is 0 Å². The van der Waals surface area contributed by atoms with Gasteiger partial charge >= 0.3 is 0 Å². The molecule has 1 aromatic heterocycles. The number of para-hydroxylation sites is 3. The second-order valence-electron chi connectivity index (χ2n) is 7.99. The molecule has 0 aliphatic heterocycles. The van der Waals surface area contributed by atoms with E-state index >= 15 is 0 Å². The lowest BCUT2D eigenvalue weighted by Crippen LogP contribution is -2.19. The smallest absolute Gasteiger partial charge is 0.257 e. The number of carbonyl (C=O) groups excluding carboxylic acids is 2. The van der Waals surface area contributed by atoms with E-state index in [0.29, 0.717) is 28.0 Å². The summed E-state index contributed by atoms with van der Waals surface area (Å²) in [6.07, 6.45) is 2.22. The lowest BCUT2D eigenvalue weighted by atomic mass is 10.1. The maximum atomic E-state index is 12.8. The molecule has 1 aliphatic rings. The molecular formula is C26H23N5O2S. The van der Waals surface area contributed by atoms with Gasteiger partial charge in [-0.1, -0.05) is 60.3 Å². The Hall–Kier alpha value is -3.91. The lowest BCUT2D eigenvalue weighted by molar-refractivity contribution is -0.113. The summed E-state index contributed by atoms with van der Waals surface area (Å²) in [7, 11) is 0. The van der Waals surface area contributed by atoms with Crippen LogP contribution in [0.1, 0.15) is 34.9 Å². The second kappa shape index (κ2) is 9.93. The number of hydrogen-bond donors (Lipinski definition) is 2. The van der Waals surface area contributed by atoms with E-state index in [9.17, 15) is 9.59 Å². The van der Waals surface area contributed by atoms with Crippen molar-refractivity contribution in [3.63, 3.8) is 0 Å². The molecule has 0 atom stereocenters. The molecule has 0 bridgehead atoms. The van der Waals surface area contributed by atoms with Gasteiger partial charge in [-0.05, 0) is 49.2 Å². The third kappa shape index (κ3) is 5.02. The Morgan fingerprint density at radius 1 is 0.853 bits per heavy atom. The number of anilines is 2. The number of amides is 2. The molecule has 0 spiro atoms. The van der Waals surface area contributed by atoms with Gasteiger partial charge in [0.05, 0.1) is 17.0 Å². The van der Waals surface area contributed by atoms with E-state index in [1.807, 2.05) is 65.2 Å². The second-order valence-corrected chi connectivity index (χ2v) is 8.93. The highest BCUT2D eigenvalue weighted by Crippen LogP contribution is 2.41. The zero-order chi connectivity index (χ0) is 23.3. The molecule has 0 unspecified atom stereocenters. The molecule has 170 valence electrons. The number of carbonyl (C=O) groups is 2. The summed E-state index contributed by atoms with van der Waals surface area (Å²) in [6.45, 7) is 0. The van der Waals surface area contributed by atoms with Crippen molar-refractivity contribution in [2.75, 3.05) is 16.4 Å². The zero-order valence-corrected chi connectivity index (χ0v) is 19.2. The first-order chi connectivity index (χ1) is 16.7. The first-order valence-electron chi connectivity index (χ1n) is 11.1. The summed E-state index contributed by atoms with van der Waals surface area (Å²) in [4.78, 5) is 25.6. The number of rotatable bonds is 8. The van der Waals surface area contributed by atoms with Crippen molar-refractivity contribution in [2.24, 2.45) is 0 Å². The van der Waals surface area contributed by atoms with Gasteiger partial charge in [-0.15, -0.1) is 10.2 Å². The van der Waals surface area contributed by atoms with Gasteiger partial charge in [-0.25, -0.2) is 0 Å². The fourth-order valence-corrected chi connectivity index (χ4v) is 4.39. The number of aromatic nitrogens is 3. The van der Waals surface area contributed by atoms with E-state index in [0.717, 1.165) is 24.4 Å². The highest BCUT2D eigenvalue weighted by atomic mass is 32.2. The van der Waals surface area contributed by atoms with Gasteiger partial charge in [0.25, 0.3) is 5.91 Å². The molecular weight excluding hydrogens is 446 g/mol. The van der Waals surface area contributed by atoms with Crippen molar-refractivity contribution in [1.82, 2.24) is 14.8 Å². The molecule has 1 saturated carbocycles. The van der Waals surface area contributed by atoms with Crippen LogP contribution < -0.4 is 10.6 Å². The quantitative estimate of drug-likeness (QED) is 0.349.